The van der Waals surface area contributed by atoms with Gasteiger partial charge in [0.2, 0.25) is 0 Å². The number of anilines is 1. The van der Waals surface area contributed by atoms with Gasteiger partial charge in [-0.2, -0.15) is 0 Å². The van der Waals surface area contributed by atoms with Crippen molar-refractivity contribution in [1.29, 1.82) is 0 Å². The zero-order chi connectivity index (χ0) is 12.1. The van der Waals surface area contributed by atoms with Crippen LogP contribution in [-0.4, -0.2) is 11.0 Å². The SMILES string of the molecule is O=C(Nc1ccccc1)C(O)c1ccccc1. The Morgan fingerprint density at radius 2 is 1.47 bits per heavy atom. The highest BCUT2D eigenvalue weighted by Crippen LogP contribution is 2.15. The Kier molecular flexibility index (Phi) is 3.52. The lowest BCUT2D eigenvalue weighted by atomic mass is 10.1. The average Bonchev–Trinajstić information content (AvgIpc) is 2.40. The number of carbonyl (C=O) groups excluding carboxylic acids is 1. The standard InChI is InChI=1S/C14H13NO2/c16-13(11-7-3-1-4-8-11)14(17)15-12-9-5-2-6-10-12/h1-10,13,16H,(H,15,17). The van der Waals surface area contributed by atoms with Crippen molar-refractivity contribution in [3.05, 3.63) is 66.2 Å². The zero-order valence-electron chi connectivity index (χ0n) is 9.21. The van der Waals surface area contributed by atoms with E-state index in [9.17, 15) is 9.90 Å². The molecule has 1 atom stereocenters. The Bertz CT molecular complexity index is 482. The monoisotopic (exact) mass is 227 g/mol. The number of benzene rings is 2. The van der Waals surface area contributed by atoms with Gasteiger partial charge in [-0.05, 0) is 17.7 Å². The van der Waals surface area contributed by atoms with Crippen LogP contribution < -0.4 is 5.32 Å². The molecule has 2 N–H and O–H groups in total. The quantitative estimate of drug-likeness (QED) is 0.845. The van der Waals surface area contributed by atoms with E-state index in [4.69, 9.17) is 0 Å². The average molecular weight is 227 g/mol. The fourth-order valence-corrected chi connectivity index (χ4v) is 1.52. The number of aliphatic hydroxyl groups excluding tert-OH is 1. The minimum atomic E-state index is -1.14. The summed E-state index contributed by atoms with van der Waals surface area (Å²) in [4.78, 5) is 11.8. The van der Waals surface area contributed by atoms with Gasteiger partial charge in [-0.3, -0.25) is 4.79 Å². The van der Waals surface area contributed by atoms with Gasteiger partial charge in [0.25, 0.3) is 5.91 Å². The third-order valence-electron chi connectivity index (χ3n) is 2.40. The summed E-state index contributed by atoms with van der Waals surface area (Å²) < 4.78 is 0. The first kappa shape index (κ1) is 11.4. The predicted molar refractivity (Wildman–Crippen MR) is 66.5 cm³/mol. The molecule has 3 nitrogen and oxygen atoms in total. The summed E-state index contributed by atoms with van der Waals surface area (Å²) in [5.41, 5.74) is 1.26. The van der Waals surface area contributed by atoms with E-state index in [-0.39, 0.29) is 0 Å². The molecule has 0 saturated heterocycles. The van der Waals surface area contributed by atoms with Gasteiger partial charge >= 0.3 is 0 Å². The van der Waals surface area contributed by atoms with Gasteiger partial charge < -0.3 is 10.4 Å². The Balaban J connectivity index is 2.06. The molecule has 2 rings (SSSR count). The van der Waals surface area contributed by atoms with Gasteiger partial charge in [-0.1, -0.05) is 48.5 Å². The summed E-state index contributed by atoms with van der Waals surface area (Å²) in [5.74, 6) is -0.428. The number of rotatable bonds is 3. The number of amides is 1. The van der Waals surface area contributed by atoms with E-state index >= 15 is 0 Å². The minimum Gasteiger partial charge on any atom is -0.378 e. The maximum atomic E-state index is 11.8. The Hall–Kier alpha value is -2.13. The van der Waals surface area contributed by atoms with Crippen LogP contribution in [0.5, 0.6) is 0 Å². The first-order valence-electron chi connectivity index (χ1n) is 5.36. The fraction of sp³-hybridized carbons (Fsp3) is 0.0714. The molecule has 2 aromatic carbocycles. The largest absolute Gasteiger partial charge is 0.378 e. The maximum Gasteiger partial charge on any atom is 0.257 e. The van der Waals surface area contributed by atoms with E-state index in [1.165, 1.54) is 0 Å². The molecule has 0 aliphatic rings. The number of aliphatic hydroxyl groups is 1. The van der Waals surface area contributed by atoms with E-state index in [0.717, 1.165) is 0 Å². The number of hydrogen-bond donors (Lipinski definition) is 2. The molecule has 0 saturated carbocycles. The van der Waals surface area contributed by atoms with Crippen molar-refractivity contribution in [2.24, 2.45) is 0 Å². The Morgan fingerprint density at radius 3 is 2.06 bits per heavy atom. The van der Waals surface area contributed by atoms with E-state index in [2.05, 4.69) is 5.32 Å². The second kappa shape index (κ2) is 5.27. The summed E-state index contributed by atoms with van der Waals surface area (Å²) in [7, 11) is 0. The van der Waals surface area contributed by atoms with Crippen LogP contribution >= 0.6 is 0 Å². The highest BCUT2D eigenvalue weighted by atomic mass is 16.3. The summed E-state index contributed by atoms with van der Waals surface area (Å²) in [6, 6.07) is 17.9. The second-order valence-corrected chi connectivity index (χ2v) is 3.67. The normalized spacial score (nSPS) is 11.8. The molecule has 0 bridgehead atoms. The molecule has 0 radical (unpaired) electrons. The van der Waals surface area contributed by atoms with Crippen LogP contribution in [0.15, 0.2) is 60.7 Å². The lowest BCUT2D eigenvalue weighted by molar-refractivity contribution is -0.124. The zero-order valence-corrected chi connectivity index (χ0v) is 9.21. The second-order valence-electron chi connectivity index (χ2n) is 3.67. The van der Waals surface area contributed by atoms with Crippen LogP contribution in [0.4, 0.5) is 5.69 Å². The molecule has 86 valence electrons. The fourth-order valence-electron chi connectivity index (χ4n) is 1.52. The molecule has 1 unspecified atom stereocenters. The van der Waals surface area contributed by atoms with Gasteiger partial charge in [-0.15, -0.1) is 0 Å². The van der Waals surface area contributed by atoms with Crippen LogP contribution in [0.25, 0.3) is 0 Å². The molecule has 0 fully saturated rings. The minimum absolute atomic E-state index is 0.428. The Morgan fingerprint density at radius 1 is 0.941 bits per heavy atom. The van der Waals surface area contributed by atoms with Gasteiger partial charge in [0.1, 0.15) is 0 Å². The summed E-state index contributed by atoms with van der Waals surface area (Å²) in [5, 5.41) is 12.5. The number of para-hydroxylation sites is 1. The predicted octanol–water partition coefficient (Wildman–Crippen LogP) is 2.36. The maximum absolute atomic E-state index is 11.8. The van der Waals surface area contributed by atoms with E-state index < -0.39 is 12.0 Å². The first-order chi connectivity index (χ1) is 8.27. The molecule has 17 heavy (non-hydrogen) atoms. The molecule has 0 heterocycles. The van der Waals surface area contributed by atoms with Crippen molar-refractivity contribution in [1.82, 2.24) is 0 Å². The van der Waals surface area contributed by atoms with E-state index in [1.807, 2.05) is 24.3 Å². The topological polar surface area (TPSA) is 49.3 Å². The van der Waals surface area contributed by atoms with Crippen LogP contribution in [0.3, 0.4) is 0 Å². The Labute approximate surface area is 99.7 Å². The van der Waals surface area contributed by atoms with E-state index in [1.54, 1.807) is 36.4 Å². The molecule has 0 aromatic heterocycles. The van der Waals surface area contributed by atoms with E-state index in [0.29, 0.717) is 11.3 Å². The smallest absolute Gasteiger partial charge is 0.257 e. The van der Waals surface area contributed by atoms with Crippen LogP contribution in [-0.2, 0) is 4.79 Å². The molecule has 1 amide bonds. The highest BCUT2D eigenvalue weighted by Gasteiger charge is 2.16. The summed E-state index contributed by atoms with van der Waals surface area (Å²) in [6.45, 7) is 0. The number of nitrogens with one attached hydrogen (secondary N) is 1. The summed E-state index contributed by atoms with van der Waals surface area (Å²) >= 11 is 0. The van der Waals surface area contributed by atoms with Gasteiger partial charge in [-0.25, -0.2) is 0 Å². The van der Waals surface area contributed by atoms with Crippen molar-refractivity contribution in [3.63, 3.8) is 0 Å². The van der Waals surface area contributed by atoms with Gasteiger partial charge in [0, 0.05) is 5.69 Å². The number of carbonyl (C=O) groups is 1. The van der Waals surface area contributed by atoms with Crippen molar-refractivity contribution < 1.29 is 9.90 Å². The van der Waals surface area contributed by atoms with Crippen LogP contribution in [0.1, 0.15) is 11.7 Å². The molecule has 2 aromatic rings. The lowest BCUT2D eigenvalue weighted by Crippen LogP contribution is -2.20. The van der Waals surface area contributed by atoms with Crippen molar-refractivity contribution >= 4 is 11.6 Å². The molecular weight excluding hydrogens is 214 g/mol. The highest BCUT2D eigenvalue weighted by molar-refractivity contribution is 5.94. The third-order valence-corrected chi connectivity index (χ3v) is 2.40. The van der Waals surface area contributed by atoms with Crippen molar-refractivity contribution in [2.45, 2.75) is 6.10 Å². The van der Waals surface area contributed by atoms with Crippen LogP contribution in [0, 0.1) is 0 Å². The lowest BCUT2D eigenvalue weighted by Gasteiger charge is -2.11. The molecule has 0 aliphatic carbocycles. The van der Waals surface area contributed by atoms with Crippen LogP contribution in [0.2, 0.25) is 0 Å². The summed E-state index contributed by atoms with van der Waals surface area (Å²) in [6.07, 6.45) is -1.14. The molecule has 0 aliphatic heterocycles. The molecule has 3 heteroatoms. The first-order valence-corrected chi connectivity index (χ1v) is 5.36. The number of hydrogen-bond acceptors (Lipinski definition) is 2. The van der Waals surface area contributed by atoms with Crippen molar-refractivity contribution in [3.8, 4) is 0 Å². The van der Waals surface area contributed by atoms with Crippen molar-refractivity contribution in [2.75, 3.05) is 5.32 Å². The van der Waals surface area contributed by atoms with Gasteiger partial charge in [0.15, 0.2) is 6.10 Å². The molecule has 0 spiro atoms. The molecular formula is C14H13NO2. The van der Waals surface area contributed by atoms with Gasteiger partial charge in [0.05, 0.1) is 0 Å². The third kappa shape index (κ3) is 2.92.